The molecule has 130 valence electrons. The molecule has 0 unspecified atom stereocenters. The molecule has 0 aliphatic carbocycles. The molecule has 0 bridgehead atoms. The second kappa shape index (κ2) is 6.81. The lowest BCUT2D eigenvalue weighted by molar-refractivity contribution is -0.139. The van der Waals surface area contributed by atoms with Crippen LogP contribution in [-0.4, -0.2) is 28.0 Å². The molecule has 0 radical (unpaired) electrons. The van der Waals surface area contributed by atoms with E-state index in [1.807, 2.05) is 0 Å². The Morgan fingerprint density at radius 2 is 1.96 bits per heavy atom. The van der Waals surface area contributed by atoms with Crippen LogP contribution in [0.2, 0.25) is 0 Å². The van der Waals surface area contributed by atoms with Gasteiger partial charge in [-0.3, -0.25) is 9.10 Å². The lowest BCUT2D eigenvalue weighted by Crippen LogP contribution is -2.36. The Kier molecular flexibility index (Phi) is 5.19. The molecule has 0 aliphatic rings. The van der Waals surface area contributed by atoms with Crippen LogP contribution in [-0.2, 0) is 25.7 Å². The predicted molar refractivity (Wildman–Crippen MR) is 82.3 cm³/mol. The summed E-state index contributed by atoms with van der Waals surface area (Å²) in [6, 6.07) is 6.54. The van der Waals surface area contributed by atoms with E-state index in [4.69, 9.17) is 0 Å². The highest BCUT2D eigenvalue weighted by Crippen LogP contribution is 2.33. The Morgan fingerprint density at radius 1 is 1.25 bits per heavy atom. The zero-order chi connectivity index (χ0) is 18.0. The van der Waals surface area contributed by atoms with Crippen molar-refractivity contribution in [3.63, 3.8) is 0 Å². The normalized spacial score (nSPS) is 12.0. The minimum absolute atomic E-state index is 0.0937. The molecule has 0 amide bonds. The van der Waals surface area contributed by atoms with Gasteiger partial charge in [-0.25, -0.2) is 8.42 Å². The Hall–Kier alpha value is -2.07. The van der Waals surface area contributed by atoms with Gasteiger partial charge >= 0.3 is 12.1 Å². The number of sulfonamides is 1. The van der Waals surface area contributed by atoms with E-state index in [-0.39, 0.29) is 9.90 Å². The number of hydrogen-bond acceptors (Lipinski definition) is 5. The quantitative estimate of drug-likeness (QED) is 0.749. The SMILES string of the molecule is COC(=O)CN(c1cccc(C(F)(F)F)c1)S(=O)(=O)c1cccs1. The van der Waals surface area contributed by atoms with Gasteiger partial charge in [0, 0.05) is 0 Å². The molecule has 0 N–H and O–H groups in total. The molecule has 0 saturated heterocycles. The van der Waals surface area contributed by atoms with Gasteiger partial charge < -0.3 is 4.74 Å². The van der Waals surface area contributed by atoms with E-state index >= 15 is 0 Å². The van der Waals surface area contributed by atoms with Gasteiger partial charge in [-0.2, -0.15) is 13.2 Å². The number of alkyl halides is 3. The molecule has 0 saturated carbocycles. The minimum atomic E-state index is -4.64. The van der Waals surface area contributed by atoms with Crippen molar-refractivity contribution < 1.29 is 31.1 Å². The number of hydrogen-bond donors (Lipinski definition) is 0. The fraction of sp³-hybridized carbons (Fsp3) is 0.214. The minimum Gasteiger partial charge on any atom is -0.468 e. The van der Waals surface area contributed by atoms with Gasteiger partial charge in [0.15, 0.2) is 0 Å². The van der Waals surface area contributed by atoms with E-state index in [1.54, 1.807) is 0 Å². The third-order valence-electron chi connectivity index (χ3n) is 3.00. The number of nitrogens with zero attached hydrogens (tertiary/aromatic N) is 1. The van der Waals surface area contributed by atoms with E-state index in [9.17, 15) is 26.4 Å². The van der Waals surface area contributed by atoms with Crippen molar-refractivity contribution in [2.24, 2.45) is 0 Å². The van der Waals surface area contributed by atoms with Crippen LogP contribution in [0, 0.1) is 0 Å². The summed E-state index contributed by atoms with van der Waals surface area (Å²) in [4.78, 5) is 11.5. The fourth-order valence-electron chi connectivity index (χ4n) is 1.85. The third-order valence-corrected chi connectivity index (χ3v) is 6.15. The fourth-order valence-corrected chi connectivity index (χ4v) is 4.36. The maximum absolute atomic E-state index is 12.9. The first-order valence-electron chi connectivity index (χ1n) is 6.46. The van der Waals surface area contributed by atoms with Crippen molar-refractivity contribution in [3.8, 4) is 0 Å². The molecule has 24 heavy (non-hydrogen) atoms. The second-order valence-electron chi connectivity index (χ2n) is 4.57. The predicted octanol–water partition coefficient (Wildman–Crippen LogP) is 3.14. The topological polar surface area (TPSA) is 63.7 Å². The standard InChI is InChI=1S/C14H12F3NO4S2/c1-22-12(19)9-18(24(20,21)13-6-3-7-23-13)11-5-2-4-10(8-11)14(15,16)17/h2-8H,9H2,1H3. The molecule has 0 fully saturated rings. The zero-order valence-corrected chi connectivity index (χ0v) is 13.9. The summed E-state index contributed by atoms with van der Waals surface area (Å²) >= 11 is 0.893. The van der Waals surface area contributed by atoms with Crippen LogP contribution in [0.5, 0.6) is 0 Å². The van der Waals surface area contributed by atoms with E-state index in [0.29, 0.717) is 10.4 Å². The maximum Gasteiger partial charge on any atom is 0.416 e. The van der Waals surface area contributed by atoms with Crippen molar-refractivity contribution in [3.05, 3.63) is 47.3 Å². The number of methoxy groups -OCH3 is 1. The van der Waals surface area contributed by atoms with Crippen LogP contribution in [0.25, 0.3) is 0 Å². The highest BCUT2D eigenvalue weighted by Gasteiger charge is 2.33. The number of ether oxygens (including phenoxy) is 1. The summed E-state index contributed by atoms with van der Waals surface area (Å²) in [6.45, 7) is -0.738. The molecule has 0 aliphatic heterocycles. The largest absolute Gasteiger partial charge is 0.468 e. The lowest BCUT2D eigenvalue weighted by Gasteiger charge is -2.23. The number of carbonyl (C=O) groups excluding carboxylic acids is 1. The first-order valence-corrected chi connectivity index (χ1v) is 8.78. The average molecular weight is 379 g/mol. The number of anilines is 1. The molecule has 1 aromatic heterocycles. The van der Waals surface area contributed by atoms with E-state index in [0.717, 1.165) is 30.6 Å². The van der Waals surface area contributed by atoms with Crippen LogP contribution in [0.15, 0.2) is 46.0 Å². The van der Waals surface area contributed by atoms with Crippen molar-refractivity contribution in [1.29, 1.82) is 0 Å². The van der Waals surface area contributed by atoms with E-state index in [1.165, 1.54) is 23.6 Å². The number of carbonyl (C=O) groups is 1. The van der Waals surface area contributed by atoms with E-state index in [2.05, 4.69) is 4.74 Å². The van der Waals surface area contributed by atoms with Gasteiger partial charge in [-0.05, 0) is 29.6 Å². The molecule has 1 aromatic carbocycles. The summed E-state index contributed by atoms with van der Waals surface area (Å²) in [7, 11) is -3.13. The molecule has 10 heteroatoms. The first kappa shape index (κ1) is 18.3. The van der Waals surface area contributed by atoms with Gasteiger partial charge in [0.1, 0.15) is 10.8 Å². The molecule has 0 atom stereocenters. The molecule has 0 spiro atoms. The van der Waals surface area contributed by atoms with Crippen molar-refractivity contribution >= 4 is 33.0 Å². The zero-order valence-electron chi connectivity index (χ0n) is 12.3. The Balaban J connectivity index is 2.54. The smallest absolute Gasteiger partial charge is 0.416 e. The van der Waals surface area contributed by atoms with Gasteiger partial charge in [0.25, 0.3) is 10.0 Å². The molecular formula is C14H12F3NO4S2. The highest BCUT2D eigenvalue weighted by molar-refractivity contribution is 7.94. The van der Waals surface area contributed by atoms with Crippen LogP contribution in [0.1, 0.15) is 5.56 Å². The average Bonchev–Trinajstić information content (AvgIpc) is 3.06. The Labute approximate surface area is 140 Å². The van der Waals surface area contributed by atoms with Crippen LogP contribution in [0.4, 0.5) is 18.9 Å². The van der Waals surface area contributed by atoms with Gasteiger partial charge in [0.05, 0.1) is 18.4 Å². The number of benzene rings is 1. The number of rotatable bonds is 5. The van der Waals surface area contributed by atoms with Crippen LogP contribution < -0.4 is 4.31 Å². The Morgan fingerprint density at radius 3 is 2.50 bits per heavy atom. The Bertz CT molecular complexity index is 817. The first-order chi connectivity index (χ1) is 11.2. The summed E-state index contributed by atoms with van der Waals surface area (Å²) in [6.07, 6.45) is -4.64. The molecule has 2 aromatic rings. The van der Waals surface area contributed by atoms with Gasteiger partial charge in [-0.1, -0.05) is 12.1 Å². The summed E-state index contributed by atoms with van der Waals surface area (Å²) in [5.74, 6) is -0.896. The summed E-state index contributed by atoms with van der Waals surface area (Å²) in [5, 5.41) is 1.51. The highest BCUT2D eigenvalue weighted by atomic mass is 32.2. The van der Waals surface area contributed by atoms with Crippen LogP contribution in [0.3, 0.4) is 0 Å². The molecule has 1 heterocycles. The third kappa shape index (κ3) is 3.88. The van der Waals surface area contributed by atoms with E-state index < -0.39 is 34.3 Å². The number of halogens is 3. The number of thiophene rings is 1. The van der Waals surface area contributed by atoms with Crippen molar-refractivity contribution in [2.75, 3.05) is 18.0 Å². The van der Waals surface area contributed by atoms with Gasteiger partial charge in [0.2, 0.25) is 0 Å². The summed E-state index contributed by atoms with van der Waals surface area (Å²) < 4.78 is 68.9. The van der Waals surface area contributed by atoms with Crippen LogP contribution >= 0.6 is 11.3 Å². The molecule has 5 nitrogen and oxygen atoms in total. The molecule has 2 rings (SSSR count). The summed E-state index contributed by atoms with van der Waals surface area (Å²) in [5.41, 5.74) is -1.29. The number of esters is 1. The lowest BCUT2D eigenvalue weighted by atomic mass is 10.2. The maximum atomic E-state index is 12.9. The molecular weight excluding hydrogens is 367 g/mol. The second-order valence-corrected chi connectivity index (χ2v) is 7.60. The van der Waals surface area contributed by atoms with Crippen molar-refractivity contribution in [2.45, 2.75) is 10.4 Å². The van der Waals surface area contributed by atoms with Crippen molar-refractivity contribution in [1.82, 2.24) is 0 Å². The monoisotopic (exact) mass is 379 g/mol. The van der Waals surface area contributed by atoms with Gasteiger partial charge in [-0.15, -0.1) is 11.3 Å².